The maximum Gasteiger partial charge on any atom is 0.323 e. The first-order valence-corrected chi connectivity index (χ1v) is 6.57. The third-order valence-corrected chi connectivity index (χ3v) is 3.62. The zero-order valence-corrected chi connectivity index (χ0v) is 11.7. The van der Waals surface area contributed by atoms with Crippen molar-refractivity contribution in [2.75, 3.05) is 6.54 Å². The summed E-state index contributed by atoms with van der Waals surface area (Å²) in [6.07, 6.45) is 1.93. The lowest BCUT2D eigenvalue weighted by Crippen LogP contribution is -2.59. The molecule has 0 bridgehead atoms. The predicted molar refractivity (Wildman–Crippen MR) is 69.7 cm³/mol. The second-order valence-corrected chi connectivity index (χ2v) is 5.49. The van der Waals surface area contributed by atoms with Crippen LogP contribution in [0.3, 0.4) is 0 Å². The van der Waals surface area contributed by atoms with Crippen molar-refractivity contribution in [1.82, 2.24) is 10.6 Å². The van der Waals surface area contributed by atoms with E-state index in [2.05, 4.69) is 10.6 Å². The molecule has 6 heteroatoms. The topological polar surface area (TPSA) is 95.5 Å². The predicted octanol–water partition coefficient (Wildman–Crippen LogP) is 0.313. The quantitative estimate of drug-likeness (QED) is 0.619. The van der Waals surface area contributed by atoms with E-state index in [9.17, 15) is 14.4 Å². The Kier molecular flexibility index (Phi) is 5.05. The molecule has 1 amide bonds. The van der Waals surface area contributed by atoms with Crippen LogP contribution < -0.4 is 10.6 Å². The van der Waals surface area contributed by atoms with Crippen molar-refractivity contribution in [1.29, 1.82) is 0 Å². The molecule has 1 atom stereocenters. The van der Waals surface area contributed by atoms with Crippen LogP contribution in [0.2, 0.25) is 0 Å². The number of carbonyl (C=O) groups is 3. The minimum atomic E-state index is -0.957. The van der Waals surface area contributed by atoms with Gasteiger partial charge in [0.1, 0.15) is 5.54 Å². The zero-order chi connectivity index (χ0) is 14.6. The summed E-state index contributed by atoms with van der Waals surface area (Å²) in [6, 6.07) is -0.517. The van der Waals surface area contributed by atoms with Gasteiger partial charge in [-0.1, -0.05) is 13.8 Å². The number of Topliss-reactive ketones (excluding diaryl/α,β-unsaturated/α-hetero) is 1. The van der Waals surface area contributed by atoms with Crippen LogP contribution in [0.4, 0.5) is 0 Å². The SMILES string of the molecule is CC(=O)C(NC(=O)CNC1(C(=O)O)CCC1)C(C)C. The number of carboxylic acids is 1. The van der Waals surface area contributed by atoms with Crippen LogP contribution in [-0.4, -0.2) is 40.9 Å². The highest BCUT2D eigenvalue weighted by Crippen LogP contribution is 2.31. The molecule has 1 saturated carbocycles. The summed E-state index contributed by atoms with van der Waals surface area (Å²) in [6.45, 7) is 5.06. The lowest BCUT2D eigenvalue weighted by Gasteiger charge is -2.38. The first-order chi connectivity index (χ1) is 8.78. The fourth-order valence-electron chi connectivity index (χ4n) is 2.21. The molecule has 0 aromatic carbocycles. The Morgan fingerprint density at radius 3 is 2.16 bits per heavy atom. The smallest absolute Gasteiger partial charge is 0.323 e. The van der Waals surface area contributed by atoms with Gasteiger partial charge in [0.25, 0.3) is 0 Å². The van der Waals surface area contributed by atoms with Crippen LogP contribution in [0.15, 0.2) is 0 Å². The van der Waals surface area contributed by atoms with Gasteiger partial charge < -0.3 is 10.4 Å². The van der Waals surface area contributed by atoms with Gasteiger partial charge in [-0.25, -0.2) is 0 Å². The second-order valence-electron chi connectivity index (χ2n) is 5.49. The number of aliphatic carboxylic acids is 1. The summed E-state index contributed by atoms with van der Waals surface area (Å²) in [4.78, 5) is 34.2. The van der Waals surface area contributed by atoms with E-state index in [-0.39, 0.29) is 24.2 Å². The van der Waals surface area contributed by atoms with Gasteiger partial charge in [0.05, 0.1) is 12.6 Å². The molecule has 0 saturated heterocycles. The van der Waals surface area contributed by atoms with E-state index in [1.807, 2.05) is 13.8 Å². The second kappa shape index (κ2) is 6.14. The van der Waals surface area contributed by atoms with E-state index >= 15 is 0 Å². The van der Waals surface area contributed by atoms with E-state index in [1.54, 1.807) is 0 Å². The molecule has 0 spiro atoms. The van der Waals surface area contributed by atoms with Crippen LogP contribution in [0.1, 0.15) is 40.0 Å². The average Bonchev–Trinajstić information content (AvgIpc) is 2.22. The number of nitrogens with one attached hydrogen (secondary N) is 2. The van der Waals surface area contributed by atoms with E-state index < -0.39 is 17.6 Å². The standard InChI is InChI=1S/C13H22N2O4/c1-8(2)11(9(3)16)15-10(17)7-14-13(12(18)19)5-4-6-13/h8,11,14H,4-7H2,1-3H3,(H,15,17)(H,18,19). The maximum atomic E-state index is 11.8. The number of carbonyl (C=O) groups excluding carboxylic acids is 2. The highest BCUT2D eigenvalue weighted by atomic mass is 16.4. The van der Waals surface area contributed by atoms with Crippen molar-refractivity contribution in [3.8, 4) is 0 Å². The third kappa shape index (κ3) is 3.76. The van der Waals surface area contributed by atoms with Gasteiger partial charge in [0, 0.05) is 0 Å². The summed E-state index contributed by atoms with van der Waals surface area (Å²) >= 11 is 0. The summed E-state index contributed by atoms with van der Waals surface area (Å²) < 4.78 is 0. The molecule has 108 valence electrons. The van der Waals surface area contributed by atoms with Gasteiger partial charge in [-0.2, -0.15) is 0 Å². The van der Waals surface area contributed by atoms with Gasteiger partial charge in [-0.3, -0.25) is 19.7 Å². The lowest BCUT2D eigenvalue weighted by atomic mass is 9.77. The molecule has 1 rings (SSSR count). The van der Waals surface area contributed by atoms with E-state index in [0.29, 0.717) is 12.8 Å². The molecule has 6 nitrogen and oxygen atoms in total. The molecule has 3 N–H and O–H groups in total. The Balaban J connectivity index is 2.47. The van der Waals surface area contributed by atoms with Gasteiger partial charge in [-0.15, -0.1) is 0 Å². The third-order valence-electron chi connectivity index (χ3n) is 3.62. The minimum absolute atomic E-state index is 0.0126. The van der Waals surface area contributed by atoms with E-state index in [4.69, 9.17) is 5.11 Å². The molecule has 1 aliphatic rings. The molecule has 0 aromatic rings. The first-order valence-electron chi connectivity index (χ1n) is 6.57. The van der Waals surface area contributed by atoms with Gasteiger partial charge in [0.15, 0.2) is 5.78 Å². The molecular weight excluding hydrogens is 248 g/mol. The number of carboxylic acid groups (broad SMARTS) is 1. The number of amides is 1. The Bertz CT molecular complexity index is 375. The number of hydrogen-bond donors (Lipinski definition) is 3. The molecule has 1 fully saturated rings. The Morgan fingerprint density at radius 2 is 1.84 bits per heavy atom. The fourth-order valence-corrected chi connectivity index (χ4v) is 2.21. The summed E-state index contributed by atoms with van der Waals surface area (Å²) in [5.74, 6) is -1.35. The minimum Gasteiger partial charge on any atom is -0.480 e. The van der Waals surface area contributed by atoms with Crippen LogP contribution in [-0.2, 0) is 14.4 Å². The number of hydrogen-bond acceptors (Lipinski definition) is 4. The van der Waals surface area contributed by atoms with Crippen molar-refractivity contribution >= 4 is 17.7 Å². The van der Waals surface area contributed by atoms with Gasteiger partial charge in [-0.05, 0) is 32.1 Å². The summed E-state index contributed by atoms with van der Waals surface area (Å²) in [5, 5.41) is 14.5. The van der Waals surface area contributed by atoms with Crippen molar-refractivity contribution in [2.24, 2.45) is 5.92 Å². The highest BCUT2D eigenvalue weighted by molar-refractivity contribution is 5.89. The molecule has 19 heavy (non-hydrogen) atoms. The van der Waals surface area contributed by atoms with Gasteiger partial charge >= 0.3 is 5.97 Å². The zero-order valence-electron chi connectivity index (χ0n) is 11.7. The Labute approximate surface area is 112 Å². The number of ketones is 1. The largest absolute Gasteiger partial charge is 0.480 e. The molecule has 0 aromatic heterocycles. The molecule has 0 aliphatic heterocycles. The van der Waals surface area contributed by atoms with Crippen molar-refractivity contribution in [3.05, 3.63) is 0 Å². The van der Waals surface area contributed by atoms with Crippen molar-refractivity contribution in [2.45, 2.75) is 51.6 Å². The van der Waals surface area contributed by atoms with Crippen LogP contribution in [0, 0.1) is 5.92 Å². The van der Waals surface area contributed by atoms with Crippen molar-refractivity contribution < 1.29 is 19.5 Å². The monoisotopic (exact) mass is 270 g/mol. The van der Waals surface area contributed by atoms with Crippen LogP contribution in [0.25, 0.3) is 0 Å². The molecule has 1 unspecified atom stereocenters. The maximum absolute atomic E-state index is 11.8. The Morgan fingerprint density at radius 1 is 1.26 bits per heavy atom. The summed E-state index contributed by atoms with van der Waals surface area (Å²) in [7, 11) is 0. The average molecular weight is 270 g/mol. The molecule has 1 aliphatic carbocycles. The lowest BCUT2D eigenvalue weighted by molar-refractivity contribution is -0.149. The van der Waals surface area contributed by atoms with Crippen molar-refractivity contribution in [3.63, 3.8) is 0 Å². The van der Waals surface area contributed by atoms with Gasteiger partial charge in [0.2, 0.25) is 5.91 Å². The van der Waals surface area contributed by atoms with E-state index in [1.165, 1.54) is 6.92 Å². The van der Waals surface area contributed by atoms with Crippen LogP contribution >= 0.6 is 0 Å². The van der Waals surface area contributed by atoms with E-state index in [0.717, 1.165) is 6.42 Å². The molecule has 0 heterocycles. The fraction of sp³-hybridized carbons (Fsp3) is 0.769. The Hall–Kier alpha value is -1.43. The highest BCUT2D eigenvalue weighted by Gasteiger charge is 2.44. The summed E-state index contributed by atoms with van der Waals surface area (Å²) in [5.41, 5.74) is -0.957. The molecular formula is C13H22N2O4. The molecule has 0 radical (unpaired) electrons. The number of rotatable bonds is 7. The van der Waals surface area contributed by atoms with Crippen LogP contribution in [0.5, 0.6) is 0 Å². The normalized spacial score (nSPS) is 18.5. The first kappa shape index (κ1) is 15.6.